The summed E-state index contributed by atoms with van der Waals surface area (Å²) in [5, 5.41) is 18.6. The number of Topliss-reactive ketones (excluding diaryl/α,β-unsaturated/α-hetero) is 1. The van der Waals surface area contributed by atoms with Crippen LogP contribution in [0, 0.1) is 11.8 Å². The molecule has 0 amide bonds. The summed E-state index contributed by atoms with van der Waals surface area (Å²) in [5.74, 6) is -6.01. The number of aliphatic carboxylic acids is 2. The van der Waals surface area contributed by atoms with Gasteiger partial charge < -0.3 is 10.2 Å². The van der Waals surface area contributed by atoms with Crippen LogP contribution in [0.2, 0.25) is 0 Å². The summed E-state index contributed by atoms with van der Waals surface area (Å²) >= 11 is 0. The van der Waals surface area contributed by atoms with E-state index >= 15 is 0 Å². The molecule has 1 fully saturated rings. The van der Waals surface area contributed by atoms with Crippen LogP contribution in [0.3, 0.4) is 0 Å². The summed E-state index contributed by atoms with van der Waals surface area (Å²) in [6.07, 6.45) is 0.127. The third-order valence-electron chi connectivity index (χ3n) is 4.25. The van der Waals surface area contributed by atoms with Gasteiger partial charge in [-0.05, 0) is 11.1 Å². The van der Waals surface area contributed by atoms with E-state index in [0.717, 1.165) is 5.56 Å². The second kappa shape index (κ2) is 3.91. The number of carboxylic acid groups (broad SMARTS) is 2. The molecule has 2 N–H and O–H groups in total. The number of benzene rings is 1. The zero-order chi connectivity index (χ0) is 13.7. The minimum Gasteiger partial charge on any atom is -0.481 e. The van der Waals surface area contributed by atoms with Gasteiger partial charge in [0.2, 0.25) is 0 Å². The van der Waals surface area contributed by atoms with Gasteiger partial charge in [0.15, 0.2) is 0 Å². The molecule has 4 rings (SSSR count). The van der Waals surface area contributed by atoms with Crippen LogP contribution in [0.15, 0.2) is 24.3 Å². The Labute approximate surface area is 108 Å². The highest BCUT2D eigenvalue weighted by Crippen LogP contribution is 2.54. The molecule has 0 radical (unpaired) electrons. The lowest BCUT2D eigenvalue weighted by atomic mass is 9.56. The zero-order valence-electron chi connectivity index (χ0n) is 9.95. The molecule has 2 bridgehead atoms. The average molecular weight is 260 g/mol. The number of rotatable bonds is 2. The van der Waals surface area contributed by atoms with Crippen molar-refractivity contribution in [3.8, 4) is 0 Å². The Balaban J connectivity index is 2.22. The van der Waals surface area contributed by atoms with Gasteiger partial charge in [-0.3, -0.25) is 14.4 Å². The number of carbonyl (C=O) groups excluding carboxylic acids is 1. The van der Waals surface area contributed by atoms with Crippen LogP contribution in [-0.2, 0) is 14.4 Å². The van der Waals surface area contributed by atoms with E-state index in [4.69, 9.17) is 0 Å². The Hall–Kier alpha value is -2.17. The van der Waals surface area contributed by atoms with Crippen molar-refractivity contribution >= 4 is 17.7 Å². The molecule has 3 aliphatic rings. The molecule has 1 aromatic carbocycles. The molecule has 19 heavy (non-hydrogen) atoms. The maximum Gasteiger partial charge on any atom is 0.308 e. The van der Waals surface area contributed by atoms with Gasteiger partial charge in [-0.15, -0.1) is 0 Å². The minimum absolute atomic E-state index is 0.127. The lowest BCUT2D eigenvalue weighted by molar-refractivity contribution is -0.160. The lowest BCUT2D eigenvalue weighted by Gasteiger charge is -2.44. The van der Waals surface area contributed by atoms with Gasteiger partial charge in [0.05, 0.1) is 17.8 Å². The topological polar surface area (TPSA) is 91.7 Å². The third-order valence-corrected chi connectivity index (χ3v) is 4.25. The van der Waals surface area contributed by atoms with Crippen molar-refractivity contribution < 1.29 is 24.6 Å². The molecule has 0 saturated heterocycles. The first-order chi connectivity index (χ1) is 9.02. The van der Waals surface area contributed by atoms with Gasteiger partial charge in [-0.1, -0.05) is 24.3 Å². The normalized spacial score (nSPS) is 31.9. The van der Waals surface area contributed by atoms with E-state index in [1.54, 1.807) is 24.3 Å². The van der Waals surface area contributed by atoms with E-state index in [1.165, 1.54) is 0 Å². The van der Waals surface area contributed by atoms with Crippen molar-refractivity contribution in [2.24, 2.45) is 11.8 Å². The number of ketones is 1. The first kappa shape index (κ1) is 11.9. The van der Waals surface area contributed by atoms with Gasteiger partial charge in [-0.2, -0.15) is 0 Å². The first-order valence-corrected chi connectivity index (χ1v) is 6.09. The summed E-state index contributed by atoms with van der Waals surface area (Å²) in [5.41, 5.74) is 1.51. The van der Waals surface area contributed by atoms with Gasteiger partial charge in [0, 0.05) is 12.3 Å². The van der Waals surface area contributed by atoms with Gasteiger partial charge in [0.25, 0.3) is 0 Å². The molecular formula is C14H12O5. The SMILES string of the molecule is O=C(O)[C@@H]1[C@H](C(=O)O)[C@@H]2CC(=O)[C@H]1c1ccccc12. The predicted octanol–water partition coefficient (Wildman–Crippen LogP) is 1.24. The molecule has 0 aliphatic heterocycles. The maximum atomic E-state index is 12.0. The van der Waals surface area contributed by atoms with Gasteiger partial charge in [0.1, 0.15) is 5.78 Å². The summed E-state index contributed by atoms with van der Waals surface area (Å²) in [7, 11) is 0. The smallest absolute Gasteiger partial charge is 0.308 e. The van der Waals surface area contributed by atoms with E-state index in [2.05, 4.69) is 0 Å². The van der Waals surface area contributed by atoms with Crippen LogP contribution >= 0.6 is 0 Å². The van der Waals surface area contributed by atoms with E-state index in [-0.39, 0.29) is 12.2 Å². The maximum absolute atomic E-state index is 12.0. The van der Waals surface area contributed by atoms with Gasteiger partial charge >= 0.3 is 11.9 Å². The third kappa shape index (κ3) is 1.51. The van der Waals surface area contributed by atoms with Crippen LogP contribution in [-0.4, -0.2) is 27.9 Å². The molecule has 0 unspecified atom stereocenters. The molecule has 0 heterocycles. The molecule has 0 spiro atoms. The van der Waals surface area contributed by atoms with Crippen molar-refractivity contribution in [2.75, 3.05) is 0 Å². The zero-order valence-corrected chi connectivity index (χ0v) is 9.95. The van der Waals surface area contributed by atoms with Crippen molar-refractivity contribution in [2.45, 2.75) is 18.3 Å². The van der Waals surface area contributed by atoms with E-state index in [0.29, 0.717) is 5.56 Å². The van der Waals surface area contributed by atoms with Crippen LogP contribution in [0.1, 0.15) is 29.4 Å². The van der Waals surface area contributed by atoms with Crippen molar-refractivity contribution in [3.05, 3.63) is 35.4 Å². The highest BCUT2D eigenvalue weighted by molar-refractivity contribution is 5.98. The predicted molar refractivity (Wildman–Crippen MR) is 63.8 cm³/mol. The number of hydrogen-bond donors (Lipinski definition) is 2. The summed E-state index contributed by atoms with van der Waals surface area (Å²) < 4.78 is 0. The van der Waals surface area contributed by atoms with Crippen LogP contribution in [0.4, 0.5) is 0 Å². The Kier molecular flexibility index (Phi) is 2.45. The Bertz CT molecular complexity index is 591. The molecule has 5 nitrogen and oxygen atoms in total. The van der Waals surface area contributed by atoms with Crippen molar-refractivity contribution in [1.29, 1.82) is 0 Å². The standard InChI is InChI=1S/C14H12O5/c15-9-5-8-6-3-1-2-4-7(6)10(9)12(14(18)19)11(8)13(16)17/h1-4,8,10-12H,5H2,(H,16,17)(H,18,19)/t8-,10-,11-,12+/m1/s1. The quantitative estimate of drug-likeness (QED) is 0.834. The van der Waals surface area contributed by atoms with E-state index in [9.17, 15) is 24.6 Å². The molecule has 98 valence electrons. The highest BCUT2D eigenvalue weighted by Gasteiger charge is 2.56. The second-order valence-electron chi connectivity index (χ2n) is 5.11. The lowest BCUT2D eigenvalue weighted by Crippen LogP contribution is -2.49. The minimum atomic E-state index is -1.20. The highest BCUT2D eigenvalue weighted by atomic mass is 16.4. The van der Waals surface area contributed by atoms with Crippen molar-refractivity contribution in [1.82, 2.24) is 0 Å². The fraction of sp³-hybridized carbons (Fsp3) is 0.357. The van der Waals surface area contributed by atoms with Gasteiger partial charge in [-0.25, -0.2) is 0 Å². The molecule has 1 saturated carbocycles. The average Bonchev–Trinajstić information content (AvgIpc) is 2.37. The van der Waals surface area contributed by atoms with E-state index < -0.39 is 35.6 Å². The Morgan fingerprint density at radius 3 is 2.16 bits per heavy atom. The Morgan fingerprint density at radius 1 is 1.00 bits per heavy atom. The van der Waals surface area contributed by atoms with Crippen molar-refractivity contribution in [3.63, 3.8) is 0 Å². The fourth-order valence-corrected chi connectivity index (χ4v) is 3.55. The molecule has 4 atom stereocenters. The number of hydrogen-bond acceptors (Lipinski definition) is 3. The van der Waals surface area contributed by atoms with Crippen LogP contribution < -0.4 is 0 Å². The molecule has 3 aliphatic carbocycles. The summed E-state index contributed by atoms with van der Waals surface area (Å²) in [6.45, 7) is 0. The van der Waals surface area contributed by atoms with E-state index in [1.807, 2.05) is 0 Å². The summed E-state index contributed by atoms with van der Waals surface area (Å²) in [6, 6.07) is 7.08. The largest absolute Gasteiger partial charge is 0.481 e. The Morgan fingerprint density at radius 2 is 1.58 bits per heavy atom. The fourth-order valence-electron chi connectivity index (χ4n) is 3.55. The molecular weight excluding hydrogens is 248 g/mol. The monoisotopic (exact) mass is 260 g/mol. The number of carbonyl (C=O) groups is 3. The number of carboxylic acids is 2. The number of fused-ring (bicyclic) bond motifs is 2. The summed E-state index contributed by atoms with van der Waals surface area (Å²) in [4.78, 5) is 34.8. The van der Waals surface area contributed by atoms with Crippen LogP contribution in [0.25, 0.3) is 0 Å². The van der Waals surface area contributed by atoms with Crippen LogP contribution in [0.5, 0.6) is 0 Å². The first-order valence-electron chi connectivity index (χ1n) is 6.09. The molecule has 1 aromatic rings. The molecule has 0 aromatic heterocycles. The molecule has 5 heteroatoms. The second-order valence-corrected chi connectivity index (χ2v) is 5.11.